The largest absolute Gasteiger partial charge is 0.385 e. The van der Waals surface area contributed by atoms with Crippen molar-refractivity contribution in [2.75, 3.05) is 45.7 Å². The molecule has 6 heteroatoms. The highest BCUT2D eigenvalue weighted by Gasteiger charge is 2.18. The van der Waals surface area contributed by atoms with E-state index in [1.807, 2.05) is 32.7 Å². The minimum Gasteiger partial charge on any atom is -0.385 e. The first-order valence-corrected chi connectivity index (χ1v) is 8.83. The van der Waals surface area contributed by atoms with Gasteiger partial charge in [-0.1, -0.05) is 6.07 Å². The summed E-state index contributed by atoms with van der Waals surface area (Å²) in [6.07, 6.45) is 0.873. The topological polar surface area (TPSA) is 61.9 Å². The van der Waals surface area contributed by atoms with Crippen molar-refractivity contribution in [3.8, 4) is 0 Å². The fourth-order valence-corrected chi connectivity index (χ4v) is 2.52. The molecule has 0 aromatic heterocycles. The summed E-state index contributed by atoms with van der Waals surface area (Å²) in [6.45, 7) is 8.55. The van der Waals surface area contributed by atoms with Gasteiger partial charge in [0.05, 0.1) is 6.04 Å². The van der Waals surface area contributed by atoms with Crippen LogP contribution < -0.4 is 5.32 Å². The van der Waals surface area contributed by atoms with Crippen LogP contribution in [0.1, 0.15) is 37.6 Å². The van der Waals surface area contributed by atoms with Crippen molar-refractivity contribution in [1.82, 2.24) is 9.80 Å². The zero-order valence-electron chi connectivity index (χ0n) is 16.0. The molecule has 1 aromatic rings. The zero-order valence-corrected chi connectivity index (χ0v) is 16.0. The Bertz CT molecular complexity index is 559. The highest BCUT2D eigenvalue weighted by atomic mass is 16.5. The molecule has 0 bridgehead atoms. The number of carbonyl (C=O) groups is 2. The number of likely N-dealkylation sites (N-methyl/N-ethyl adjacent to an activating group) is 1. The summed E-state index contributed by atoms with van der Waals surface area (Å²) in [4.78, 5) is 28.6. The molecule has 0 heterocycles. The van der Waals surface area contributed by atoms with E-state index in [2.05, 4.69) is 5.32 Å². The first-order chi connectivity index (χ1) is 11.9. The molecule has 1 unspecified atom stereocenters. The summed E-state index contributed by atoms with van der Waals surface area (Å²) in [5.41, 5.74) is 1.22. The average Bonchev–Trinajstić information content (AvgIpc) is 2.62. The van der Waals surface area contributed by atoms with Crippen LogP contribution >= 0.6 is 0 Å². The van der Waals surface area contributed by atoms with E-state index in [-0.39, 0.29) is 17.9 Å². The Balaban J connectivity index is 2.71. The van der Waals surface area contributed by atoms with Gasteiger partial charge in [-0.3, -0.25) is 14.5 Å². The second-order valence-corrected chi connectivity index (χ2v) is 6.05. The van der Waals surface area contributed by atoms with Gasteiger partial charge in [0.15, 0.2) is 0 Å². The predicted octanol–water partition coefficient (Wildman–Crippen LogP) is 2.46. The number of nitrogens with zero attached hydrogens (tertiary/aromatic N) is 2. The van der Waals surface area contributed by atoms with E-state index < -0.39 is 0 Å². The highest BCUT2D eigenvalue weighted by molar-refractivity contribution is 5.98. The molecule has 1 aromatic carbocycles. The molecular weight excluding hydrogens is 318 g/mol. The lowest BCUT2D eigenvalue weighted by molar-refractivity contribution is -0.120. The smallest absolute Gasteiger partial charge is 0.253 e. The van der Waals surface area contributed by atoms with Crippen LogP contribution in [-0.2, 0) is 9.53 Å². The van der Waals surface area contributed by atoms with Gasteiger partial charge in [-0.05, 0) is 52.4 Å². The van der Waals surface area contributed by atoms with E-state index >= 15 is 0 Å². The van der Waals surface area contributed by atoms with Crippen LogP contribution in [0.5, 0.6) is 0 Å². The molecular formula is C19H31N3O3. The van der Waals surface area contributed by atoms with Gasteiger partial charge in [-0.15, -0.1) is 0 Å². The van der Waals surface area contributed by atoms with Crippen LogP contribution in [0.2, 0.25) is 0 Å². The van der Waals surface area contributed by atoms with Gasteiger partial charge >= 0.3 is 0 Å². The normalized spacial score (nSPS) is 12.1. The number of anilines is 1. The molecule has 140 valence electrons. The minimum atomic E-state index is -0.265. The first kappa shape index (κ1) is 21.1. The zero-order chi connectivity index (χ0) is 18.8. The van der Waals surface area contributed by atoms with E-state index in [0.717, 1.165) is 13.0 Å². The monoisotopic (exact) mass is 349 g/mol. The molecule has 1 rings (SSSR count). The second-order valence-electron chi connectivity index (χ2n) is 6.05. The molecule has 6 nitrogen and oxygen atoms in total. The number of hydrogen-bond donors (Lipinski definition) is 1. The van der Waals surface area contributed by atoms with Gasteiger partial charge in [-0.25, -0.2) is 0 Å². The quantitative estimate of drug-likeness (QED) is 0.659. The van der Waals surface area contributed by atoms with E-state index in [1.165, 1.54) is 0 Å². The molecule has 0 spiro atoms. The molecule has 1 N–H and O–H groups in total. The molecule has 0 aliphatic rings. The van der Waals surface area contributed by atoms with E-state index in [0.29, 0.717) is 30.9 Å². The number of amides is 2. The fourth-order valence-electron chi connectivity index (χ4n) is 2.52. The van der Waals surface area contributed by atoms with Gasteiger partial charge < -0.3 is 15.0 Å². The van der Waals surface area contributed by atoms with E-state index in [4.69, 9.17) is 4.74 Å². The van der Waals surface area contributed by atoms with Crippen LogP contribution in [-0.4, -0.2) is 68.1 Å². The Morgan fingerprint density at radius 3 is 2.52 bits per heavy atom. The molecule has 2 amide bonds. The Kier molecular flexibility index (Phi) is 9.16. The van der Waals surface area contributed by atoms with Crippen molar-refractivity contribution < 1.29 is 14.3 Å². The number of nitrogens with one attached hydrogen (secondary N) is 1. The van der Waals surface area contributed by atoms with Crippen molar-refractivity contribution >= 4 is 17.5 Å². The number of hydrogen-bond acceptors (Lipinski definition) is 4. The molecule has 0 saturated carbocycles. The molecule has 0 radical (unpaired) electrons. The summed E-state index contributed by atoms with van der Waals surface area (Å²) in [7, 11) is 3.59. The van der Waals surface area contributed by atoms with Gasteiger partial charge in [0.25, 0.3) is 5.91 Å². The SMILES string of the molecule is CCN(CC)C(=O)c1cccc(NC(=O)C(C)N(C)CCCOC)c1. The molecule has 1 atom stereocenters. The van der Waals surface area contributed by atoms with Crippen molar-refractivity contribution in [2.24, 2.45) is 0 Å². The van der Waals surface area contributed by atoms with E-state index in [1.54, 1.807) is 36.3 Å². The lowest BCUT2D eigenvalue weighted by Gasteiger charge is -2.24. The lowest BCUT2D eigenvalue weighted by atomic mass is 10.1. The summed E-state index contributed by atoms with van der Waals surface area (Å²) < 4.78 is 5.04. The third-order valence-electron chi connectivity index (χ3n) is 4.33. The summed E-state index contributed by atoms with van der Waals surface area (Å²) in [5, 5.41) is 2.90. The van der Waals surface area contributed by atoms with Crippen molar-refractivity contribution in [2.45, 2.75) is 33.2 Å². The predicted molar refractivity (Wildman–Crippen MR) is 101 cm³/mol. The minimum absolute atomic E-state index is 0.0224. The van der Waals surface area contributed by atoms with Gasteiger partial charge in [-0.2, -0.15) is 0 Å². The lowest BCUT2D eigenvalue weighted by Crippen LogP contribution is -2.40. The van der Waals surface area contributed by atoms with Crippen LogP contribution in [0.3, 0.4) is 0 Å². The Morgan fingerprint density at radius 1 is 1.24 bits per heavy atom. The number of carbonyl (C=O) groups excluding carboxylic acids is 2. The fraction of sp³-hybridized carbons (Fsp3) is 0.579. The maximum atomic E-state index is 12.4. The molecule has 0 aliphatic heterocycles. The maximum absolute atomic E-state index is 12.4. The molecule has 0 saturated heterocycles. The number of rotatable bonds is 10. The second kappa shape index (κ2) is 10.8. The van der Waals surface area contributed by atoms with Crippen LogP contribution in [0, 0.1) is 0 Å². The summed E-state index contributed by atoms with van der Waals surface area (Å²) in [6, 6.07) is 6.83. The van der Waals surface area contributed by atoms with Gasteiger partial charge in [0.1, 0.15) is 0 Å². The van der Waals surface area contributed by atoms with Crippen LogP contribution in [0.4, 0.5) is 5.69 Å². The Labute approximate surface area is 151 Å². The van der Waals surface area contributed by atoms with E-state index in [9.17, 15) is 9.59 Å². The molecule has 0 fully saturated rings. The highest BCUT2D eigenvalue weighted by Crippen LogP contribution is 2.14. The molecule has 25 heavy (non-hydrogen) atoms. The third-order valence-corrected chi connectivity index (χ3v) is 4.33. The summed E-state index contributed by atoms with van der Waals surface area (Å²) >= 11 is 0. The summed E-state index contributed by atoms with van der Waals surface area (Å²) in [5.74, 6) is -0.113. The van der Waals surface area contributed by atoms with Crippen LogP contribution in [0.15, 0.2) is 24.3 Å². The number of methoxy groups -OCH3 is 1. The van der Waals surface area contributed by atoms with Crippen molar-refractivity contribution in [1.29, 1.82) is 0 Å². The Morgan fingerprint density at radius 2 is 1.92 bits per heavy atom. The van der Waals surface area contributed by atoms with Crippen molar-refractivity contribution in [3.63, 3.8) is 0 Å². The average molecular weight is 349 g/mol. The maximum Gasteiger partial charge on any atom is 0.253 e. The van der Waals surface area contributed by atoms with Gasteiger partial charge in [0, 0.05) is 44.6 Å². The van der Waals surface area contributed by atoms with Crippen molar-refractivity contribution in [3.05, 3.63) is 29.8 Å². The van der Waals surface area contributed by atoms with Gasteiger partial charge in [0.2, 0.25) is 5.91 Å². The number of benzene rings is 1. The first-order valence-electron chi connectivity index (χ1n) is 8.83. The molecule has 0 aliphatic carbocycles. The standard InChI is InChI=1S/C19H31N3O3/c1-6-22(7-2)19(24)16-10-8-11-17(14-16)20-18(23)15(3)21(4)12-9-13-25-5/h8,10-11,14-15H,6-7,9,12-13H2,1-5H3,(H,20,23). The van der Waals surface area contributed by atoms with Crippen LogP contribution in [0.25, 0.3) is 0 Å². The Hall–Kier alpha value is -1.92. The third kappa shape index (κ3) is 6.48. The number of ether oxygens (including phenoxy) is 1.